The molecule has 1 unspecified atom stereocenters. The molecule has 5 nitrogen and oxygen atoms in total. The van der Waals surface area contributed by atoms with Gasteiger partial charge in [0.1, 0.15) is 37.6 Å². The molecule has 1 aromatic carbocycles. The van der Waals surface area contributed by atoms with Crippen LogP contribution in [0.2, 0.25) is 0 Å². The number of aryl methyl sites for hydroxylation is 1. The summed E-state index contributed by atoms with van der Waals surface area (Å²) < 4.78 is 11.4. The van der Waals surface area contributed by atoms with Crippen LogP contribution in [0.15, 0.2) is 21.3 Å². The normalized spacial score (nSPS) is 26.7. The fraction of sp³-hybridized carbons (Fsp3) is 0.526. The highest BCUT2D eigenvalue weighted by Gasteiger charge is 2.28. The van der Waals surface area contributed by atoms with Gasteiger partial charge in [-0.15, -0.1) is 0 Å². The van der Waals surface area contributed by atoms with Crippen molar-refractivity contribution in [3.05, 3.63) is 39.2 Å². The van der Waals surface area contributed by atoms with Gasteiger partial charge in [-0.1, -0.05) is 0 Å². The molecule has 0 saturated carbocycles. The van der Waals surface area contributed by atoms with E-state index in [1.165, 1.54) is 4.90 Å². The average molecular weight is 330 g/mol. The number of hydrogen-bond acceptors (Lipinski definition) is 4. The molecule has 0 bridgehead atoms. The van der Waals surface area contributed by atoms with Gasteiger partial charge in [0.15, 0.2) is 5.58 Å². The number of quaternary nitrogens is 1. The van der Waals surface area contributed by atoms with Crippen LogP contribution < -0.4 is 10.5 Å². The van der Waals surface area contributed by atoms with Gasteiger partial charge in [0.05, 0.1) is 5.56 Å². The maximum Gasteiger partial charge on any atom is 0.339 e. The van der Waals surface area contributed by atoms with E-state index in [4.69, 9.17) is 9.15 Å². The van der Waals surface area contributed by atoms with Gasteiger partial charge >= 0.3 is 5.63 Å². The Kier molecular flexibility index (Phi) is 3.85. The van der Waals surface area contributed by atoms with Crippen LogP contribution in [0.5, 0.6) is 5.75 Å². The molecule has 2 heterocycles. The first-order chi connectivity index (χ1) is 11.5. The van der Waals surface area contributed by atoms with E-state index in [1.54, 1.807) is 6.07 Å². The SMILES string of the molecule is C[C@@H]1C[NH+](Cc2c(O)ccc3c4c(c(=O)oc23)CCC4)C[C@H](C)O1. The van der Waals surface area contributed by atoms with E-state index >= 15 is 0 Å². The van der Waals surface area contributed by atoms with Gasteiger partial charge in [-0.2, -0.15) is 0 Å². The molecule has 5 heteroatoms. The molecule has 1 aliphatic carbocycles. The van der Waals surface area contributed by atoms with Crippen molar-refractivity contribution in [3.8, 4) is 5.75 Å². The van der Waals surface area contributed by atoms with Gasteiger partial charge in [-0.3, -0.25) is 0 Å². The van der Waals surface area contributed by atoms with Gasteiger partial charge in [-0.05, 0) is 50.8 Å². The third-order valence-corrected chi connectivity index (χ3v) is 5.26. The molecule has 2 N–H and O–H groups in total. The molecule has 0 amide bonds. The highest BCUT2D eigenvalue weighted by atomic mass is 16.5. The lowest BCUT2D eigenvalue weighted by Crippen LogP contribution is -3.14. The monoisotopic (exact) mass is 330 g/mol. The van der Waals surface area contributed by atoms with E-state index < -0.39 is 0 Å². The summed E-state index contributed by atoms with van der Waals surface area (Å²) in [6.45, 7) is 6.56. The molecule has 0 spiro atoms. The van der Waals surface area contributed by atoms with Crippen molar-refractivity contribution in [1.82, 2.24) is 0 Å². The van der Waals surface area contributed by atoms with Crippen molar-refractivity contribution in [2.75, 3.05) is 13.1 Å². The van der Waals surface area contributed by atoms with Gasteiger partial charge < -0.3 is 19.2 Å². The molecule has 2 aromatic rings. The number of rotatable bonds is 2. The lowest BCUT2D eigenvalue weighted by atomic mass is 10.0. The highest BCUT2D eigenvalue weighted by molar-refractivity contribution is 5.86. The summed E-state index contributed by atoms with van der Waals surface area (Å²) >= 11 is 0. The zero-order valence-electron chi connectivity index (χ0n) is 14.2. The van der Waals surface area contributed by atoms with Crippen LogP contribution in [0.25, 0.3) is 11.0 Å². The van der Waals surface area contributed by atoms with Crippen molar-refractivity contribution >= 4 is 11.0 Å². The van der Waals surface area contributed by atoms with Crippen LogP contribution >= 0.6 is 0 Å². The van der Waals surface area contributed by atoms with Gasteiger partial charge in [-0.25, -0.2) is 4.79 Å². The molecule has 1 fully saturated rings. The van der Waals surface area contributed by atoms with Crippen LogP contribution in [0.1, 0.15) is 37.0 Å². The van der Waals surface area contributed by atoms with Crippen LogP contribution in [-0.2, 0) is 24.1 Å². The predicted molar refractivity (Wildman–Crippen MR) is 90.6 cm³/mol. The molecule has 24 heavy (non-hydrogen) atoms. The van der Waals surface area contributed by atoms with Crippen molar-refractivity contribution in [2.24, 2.45) is 0 Å². The highest BCUT2D eigenvalue weighted by Crippen LogP contribution is 2.32. The van der Waals surface area contributed by atoms with E-state index in [0.29, 0.717) is 12.1 Å². The largest absolute Gasteiger partial charge is 0.507 e. The van der Waals surface area contributed by atoms with E-state index in [1.807, 2.05) is 6.07 Å². The number of hydrogen-bond donors (Lipinski definition) is 2. The summed E-state index contributed by atoms with van der Waals surface area (Å²) in [5.74, 6) is 0.211. The Balaban J connectivity index is 1.79. The number of phenolic OH excluding ortho intramolecular Hbond substituents is 1. The van der Waals surface area contributed by atoms with Crippen molar-refractivity contribution in [1.29, 1.82) is 0 Å². The maximum absolute atomic E-state index is 12.3. The van der Waals surface area contributed by atoms with Crippen molar-refractivity contribution in [2.45, 2.75) is 51.9 Å². The summed E-state index contributed by atoms with van der Waals surface area (Å²) in [6, 6.07) is 3.63. The van der Waals surface area contributed by atoms with Crippen LogP contribution in [0, 0.1) is 0 Å². The molecule has 1 aromatic heterocycles. The number of benzene rings is 1. The molecule has 3 atom stereocenters. The van der Waals surface area contributed by atoms with Crippen LogP contribution in [0.4, 0.5) is 0 Å². The number of nitrogens with one attached hydrogen (secondary N) is 1. The zero-order valence-corrected chi connectivity index (χ0v) is 14.2. The minimum Gasteiger partial charge on any atom is -0.507 e. The second-order valence-corrected chi connectivity index (χ2v) is 7.23. The molecule has 0 radical (unpaired) electrons. The maximum atomic E-state index is 12.3. The summed E-state index contributed by atoms with van der Waals surface area (Å²) in [4.78, 5) is 13.6. The Morgan fingerprint density at radius 3 is 2.62 bits per heavy atom. The predicted octanol–water partition coefficient (Wildman–Crippen LogP) is 1.18. The lowest BCUT2D eigenvalue weighted by Gasteiger charge is -2.32. The summed E-state index contributed by atoms with van der Waals surface area (Å²) in [7, 11) is 0. The first-order valence-corrected chi connectivity index (χ1v) is 8.81. The van der Waals surface area contributed by atoms with E-state index in [2.05, 4.69) is 13.8 Å². The van der Waals surface area contributed by atoms with E-state index in [0.717, 1.165) is 54.4 Å². The van der Waals surface area contributed by atoms with Gasteiger partial charge in [0, 0.05) is 10.9 Å². The number of morpholine rings is 1. The quantitative estimate of drug-likeness (QED) is 0.812. The van der Waals surface area contributed by atoms with E-state index in [-0.39, 0.29) is 23.6 Å². The molecular weight excluding hydrogens is 306 g/mol. The summed E-state index contributed by atoms with van der Waals surface area (Å²) in [5.41, 5.74) is 3.01. The van der Waals surface area contributed by atoms with Crippen LogP contribution in [0.3, 0.4) is 0 Å². The molecule has 1 aliphatic heterocycles. The molecule has 2 aliphatic rings. The van der Waals surface area contributed by atoms with Crippen LogP contribution in [-0.4, -0.2) is 30.4 Å². The minimum atomic E-state index is -0.236. The lowest BCUT2D eigenvalue weighted by molar-refractivity contribution is -0.928. The molecule has 1 saturated heterocycles. The van der Waals surface area contributed by atoms with Crippen molar-refractivity contribution < 1.29 is 19.2 Å². The number of ether oxygens (including phenoxy) is 1. The first kappa shape index (κ1) is 15.7. The topological polar surface area (TPSA) is 64.1 Å². The van der Waals surface area contributed by atoms with E-state index in [9.17, 15) is 9.90 Å². The Hall–Kier alpha value is -1.85. The second-order valence-electron chi connectivity index (χ2n) is 7.23. The number of phenols is 1. The Morgan fingerprint density at radius 2 is 1.88 bits per heavy atom. The third-order valence-electron chi connectivity index (χ3n) is 5.26. The zero-order chi connectivity index (χ0) is 16.8. The first-order valence-electron chi connectivity index (χ1n) is 8.81. The van der Waals surface area contributed by atoms with Crippen molar-refractivity contribution in [3.63, 3.8) is 0 Å². The standard InChI is InChI=1S/C19H23NO4/c1-11-8-20(9-12(2)23-11)10-16-17(21)7-6-14-13-4-3-5-15(13)19(22)24-18(14)16/h6-7,11-12,21H,3-5,8-10H2,1-2H3/p+1/t11-,12+. The fourth-order valence-corrected chi connectivity index (χ4v) is 4.35. The molecular formula is C19H24NO4+. The number of aromatic hydroxyl groups is 1. The fourth-order valence-electron chi connectivity index (χ4n) is 4.35. The second kappa shape index (κ2) is 5.90. The Morgan fingerprint density at radius 1 is 1.17 bits per heavy atom. The number of fused-ring (bicyclic) bond motifs is 3. The summed E-state index contributed by atoms with van der Waals surface area (Å²) in [6.07, 6.45) is 3.10. The smallest absolute Gasteiger partial charge is 0.339 e. The van der Waals surface area contributed by atoms with Gasteiger partial charge in [0.2, 0.25) is 0 Å². The average Bonchev–Trinajstić information content (AvgIpc) is 3.00. The third kappa shape index (κ3) is 2.62. The molecule has 128 valence electrons. The summed E-state index contributed by atoms with van der Waals surface area (Å²) in [5, 5.41) is 11.4. The minimum absolute atomic E-state index is 0.192. The van der Waals surface area contributed by atoms with Gasteiger partial charge in [0.25, 0.3) is 0 Å². The Labute approximate surface area is 140 Å². The molecule has 4 rings (SSSR count). The Bertz CT molecular complexity index is 831.